The predicted molar refractivity (Wildman–Crippen MR) is 101 cm³/mol. The maximum Gasteiger partial charge on any atom is 0.335 e. The van der Waals surface area contributed by atoms with Crippen molar-refractivity contribution in [3.8, 4) is 0 Å². The van der Waals surface area contributed by atoms with Crippen molar-refractivity contribution in [2.45, 2.75) is 38.1 Å². The second kappa shape index (κ2) is 7.59. The molecule has 25 heavy (non-hydrogen) atoms. The Labute approximate surface area is 154 Å². The largest absolute Gasteiger partial charge is 0.478 e. The standard InChI is InChI=1S/C21H24ClNO2/c1-2-21(18-7-9-19(22)10-8-18)11-13-23(14-12-21)15-16-3-5-17(6-4-16)20(24)25/h3-10H,2,11-15H2,1H3,(H,24,25). The number of nitrogens with zero attached hydrogens (tertiary/aromatic N) is 1. The summed E-state index contributed by atoms with van der Waals surface area (Å²) in [7, 11) is 0. The van der Waals surface area contributed by atoms with Crippen LogP contribution in [0.5, 0.6) is 0 Å². The number of piperidine rings is 1. The number of carboxylic acid groups (broad SMARTS) is 1. The molecule has 0 aromatic heterocycles. The first-order valence-corrected chi connectivity index (χ1v) is 9.21. The number of aromatic carboxylic acids is 1. The molecule has 0 aliphatic carbocycles. The molecule has 3 nitrogen and oxygen atoms in total. The number of rotatable bonds is 5. The summed E-state index contributed by atoms with van der Waals surface area (Å²) >= 11 is 6.04. The first-order valence-electron chi connectivity index (χ1n) is 8.83. The lowest BCUT2D eigenvalue weighted by atomic mass is 9.71. The van der Waals surface area contributed by atoms with Crippen molar-refractivity contribution in [3.63, 3.8) is 0 Å². The highest BCUT2D eigenvalue weighted by Gasteiger charge is 2.34. The van der Waals surface area contributed by atoms with Gasteiger partial charge in [0.1, 0.15) is 0 Å². The summed E-state index contributed by atoms with van der Waals surface area (Å²) in [6.07, 6.45) is 3.41. The quantitative estimate of drug-likeness (QED) is 0.820. The Kier molecular flexibility index (Phi) is 5.45. The van der Waals surface area contributed by atoms with E-state index in [1.165, 1.54) is 11.1 Å². The number of halogens is 1. The molecule has 1 saturated heterocycles. The average molecular weight is 358 g/mol. The third kappa shape index (κ3) is 4.05. The van der Waals surface area contributed by atoms with Crippen molar-refractivity contribution in [2.75, 3.05) is 13.1 Å². The number of carbonyl (C=O) groups is 1. The third-order valence-corrected chi connectivity index (χ3v) is 5.81. The van der Waals surface area contributed by atoms with Crippen LogP contribution in [-0.2, 0) is 12.0 Å². The molecule has 0 bridgehead atoms. The van der Waals surface area contributed by atoms with Crippen LogP contribution >= 0.6 is 11.6 Å². The van der Waals surface area contributed by atoms with Crippen LogP contribution in [-0.4, -0.2) is 29.1 Å². The molecule has 0 atom stereocenters. The van der Waals surface area contributed by atoms with Crippen LogP contribution in [0.4, 0.5) is 0 Å². The van der Waals surface area contributed by atoms with Gasteiger partial charge in [-0.05, 0) is 73.2 Å². The normalized spacial score (nSPS) is 17.4. The number of hydrogen-bond acceptors (Lipinski definition) is 2. The molecule has 1 N–H and O–H groups in total. The Hall–Kier alpha value is -1.84. The van der Waals surface area contributed by atoms with Crippen LogP contribution in [0, 0.1) is 0 Å². The monoisotopic (exact) mass is 357 g/mol. The average Bonchev–Trinajstić information content (AvgIpc) is 2.64. The summed E-state index contributed by atoms with van der Waals surface area (Å²) in [5, 5.41) is 9.78. The molecule has 0 spiro atoms. The lowest BCUT2D eigenvalue weighted by molar-refractivity contribution is 0.0697. The van der Waals surface area contributed by atoms with Gasteiger partial charge in [-0.3, -0.25) is 4.90 Å². The van der Waals surface area contributed by atoms with Gasteiger partial charge in [0.15, 0.2) is 0 Å². The number of hydrogen-bond donors (Lipinski definition) is 1. The zero-order valence-corrected chi connectivity index (χ0v) is 15.3. The summed E-state index contributed by atoms with van der Waals surface area (Å²) in [6, 6.07) is 15.5. The molecule has 132 valence electrons. The van der Waals surface area contributed by atoms with Gasteiger partial charge in [-0.1, -0.05) is 42.8 Å². The van der Waals surface area contributed by atoms with E-state index in [4.69, 9.17) is 16.7 Å². The fourth-order valence-corrected chi connectivity index (χ4v) is 3.93. The summed E-state index contributed by atoms with van der Waals surface area (Å²) in [5.41, 5.74) is 3.15. The van der Waals surface area contributed by atoms with Gasteiger partial charge in [0.25, 0.3) is 0 Å². The summed E-state index contributed by atoms with van der Waals surface area (Å²) in [6.45, 7) is 5.25. The lowest BCUT2D eigenvalue weighted by Crippen LogP contribution is -2.41. The van der Waals surface area contributed by atoms with Crippen LogP contribution in [0.15, 0.2) is 48.5 Å². The lowest BCUT2D eigenvalue weighted by Gasteiger charge is -2.42. The Bertz CT molecular complexity index is 717. The Balaban J connectivity index is 1.64. The maximum atomic E-state index is 10.9. The summed E-state index contributed by atoms with van der Waals surface area (Å²) in [4.78, 5) is 13.4. The molecule has 3 rings (SSSR count). The molecular formula is C21H24ClNO2. The fourth-order valence-electron chi connectivity index (χ4n) is 3.80. The predicted octanol–water partition coefficient (Wildman–Crippen LogP) is 4.98. The van der Waals surface area contributed by atoms with Crippen molar-refractivity contribution in [2.24, 2.45) is 0 Å². The van der Waals surface area contributed by atoms with Crippen LogP contribution < -0.4 is 0 Å². The van der Waals surface area contributed by atoms with Crippen molar-refractivity contribution < 1.29 is 9.90 Å². The van der Waals surface area contributed by atoms with Crippen molar-refractivity contribution in [1.29, 1.82) is 0 Å². The number of likely N-dealkylation sites (tertiary alicyclic amines) is 1. The second-order valence-corrected chi connectivity index (χ2v) is 7.36. The summed E-state index contributed by atoms with van der Waals surface area (Å²) in [5.74, 6) is -0.875. The molecule has 1 aliphatic rings. The van der Waals surface area contributed by atoms with Crippen molar-refractivity contribution in [3.05, 3.63) is 70.2 Å². The summed E-state index contributed by atoms with van der Waals surface area (Å²) < 4.78 is 0. The Morgan fingerprint density at radius 2 is 1.68 bits per heavy atom. The Morgan fingerprint density at radius 3 is 2.20 bits per heavy atom. The fraction of sp³-hybridized carbons (Fsp3) is 0.381. The molecule has 4 heteroatoms. The highest BCUT2D eigenvalue weighted by Crippen LogP contribution is 2.39. The smallest absolute Gasteiger partial charge is 0.335 e. The van der Waals surface area contributed by atoms with Crippen LogP contribution in [0.3, 0.4) is 0 Å². The minimum absolute atomic E-state index is 0.244. The number of benzene rings is 2. The first-order chi connectivity index (χ1) is 12.0. The minimum atomic E-state index is -0.875. The van der Waals surface area contributed by atoms with E-state index in [-0.39, 0.29) is 5.41 Å². The van der Waals surface area contributed by atoms with Gasteiger partial charge in [-0.15, -0.1) is 0 Å². The zero-order valence-electron chi connectivity index (χ0n) is 14.5. The van der Waals surface area contributed by atoms with Crippen LogP contribution in [0.25, 0.3) is 0 Å². The van der Waals surface area contributed by atoms with Gasteiger partial charge in [0.2, 0.25) is 0 Å². The van der Waals surface area contributed by atoms with Gasteiger partial charge < -0.3 is 5.11 Å². The zero-order chi connectivity index (χ0) is 17.9. The number of carboxylic acids is 1. The third-order valence-electron chi connectivity index (χ3n) is 5.55. The second-order valence-electron chi connectivity index (χ2n) is 6.92. The Morgan fingerprint density at radius 1 is 1.08 bits per heavy atom. The molecule has 1 fully saturated rings. The highest BCUT2D eigenvalue weighted by molar-refractivity contribution is 6.30. The highest BCUT2D eigenvalue weighted by atomic mass is 35.5. The molecule has 2 aromatic rings. The van der Waals surface area contributed by atoms with E-state index in [1.807, 2.05) is 24.3 Å². The van der Waals surface area contributed by atoms with Crippen molar-refractivity contribution >= 4 is 17.6 Å². The SMILES string of the molecule is CCC1(c2ccc(Cl)cc2)CCN(Cc2ccc(C(=O)O)cc2)CC1. The topological polar surface area (TPSA) is 40.5 Å². The van der Waals surface area contributed by atoms with E-state index in [0.717, 1.165) is 43.9 Å². The molecule has 2 aromatic carbocycles. The van der Waals surface area contributed by atoms with Crippen LogP contribution in [0.1, 0.15) is 47.7 Å². The molecule has 0 unspecified atom stereocenters. The molecule has 0 amide bonds. The van der Waals surface area contributed by atoms with Crippen LogP contribution in [0.2, 0.25) is 5.02 Å². The van der Waals surface area contributed by atoms with E-state index in [2.05, 4.69) is 24.0 Å². The minimum Gasteiger partial charge on any atom is -0.478 e. The molecule has 1 aliphatic heterocycles. The maximum absolute atomic E-state index is 10.9. The van der Waals surface area contributed by atoms with Gasteiger partial charge in [-0.2, -0.15) is 0 Å². The van der Waals surface area contributed by atoms with E-state index in [1.54, 1.807) is 12.1 Å². The van der Waals surface area contributed by atoms with Gasteiger partial charge in [0, 0.05) is 11.6 Å². The van der Waals surface area contributed by atoms with E-state index >= 15 is 0 Å². The van der Waals surface area contributed by atoms with Gasteiger partial charge in [0.05, 0.1) is 5.56 Å². The van der Waals surface area contributed by atoms with E-state index in [0.29, 0.717) is 5.56 Å². The van der Waals surface area contributed by atoms with Gasteiger partial charge >= 0.3 is 5.97 Å². The molecule has 1 heterocycles. The molecule has 0 radical (unpaired) electrons. The molecular weight excluding hydrogens is 334 g/mol. The van der Waals surface area contributed by atoms with E-state index < -0.39 is 5.97 Å². The van der Waals surface area contributed by atoms with E-state index in [9.17, 15) is 4.79 Å². The first kappa shape index (κ1) is 18.0. The molecule has 0 saturated carbocycles. The van der Waals surface area contributed by atoms with Gasteiger partial charge in [-0.25, -0.2) is 4.79 Å². The van der Waals surface area contributed by atoms with Crippen molar-refractivity contribution in [1.82, 2.24) is 4.90 Å².